The van der Waals surface area contributed by atoms with Crippen LogP contribution in [0.25, 0.3) is 0 Å². The van der Waals surface area contributed by atoms with E-state index < -0.39 is 0 Å². The van der Waals surface area contributed by atoms with Gasteiger partial charge in [0.2, 0.25) is 5.91 Å². The third kappa shape index (κ3) is 3.15. The molecule has 1 aromatic carbocycles. The summed E-state index contributed by atoms with van der Waals surface area (Å²) < 4.78 is 1.39. The van der Waals surface area contributed by atoms with Crippen LogP contribution >= 0.6 is 0 Å². The van der Waals surface area contributed by atoms with E-state index in [1.165, 1.54) is 10.6 Å². The second-order valence-corrected chi connectivity index (χ2v) is 4.68. The molecule has 2 rings (SSSR count). The lowest BCUT2D eigenvalue weighted by Gasteiger charge is -2.13. The first-order valence-corrected chi connectivity index (χ1v) is 6.65. The van der Waals surface area contributed by atoms with Gasteiger partial charge in [-0.3, -0.25) is 9.59 Å². The molecule has 0 atom stereocenters. The van der Waals surface area contributed by atoms with Crippen LogP contribution in [0.4, 0.5) is 5.69 Å². The van der Waals surface area contributed by atoms with Gasteiger partial charge in [-0.15, -0.1) is 0 Å². The van der Waals surface area contributed by atoms with Crippen molar-refractivity contribution < 1.29 is 4.79 Å². The van der Waals surface area contributed by atoms with E-state index in [9.17, 15) is 9.59 Å². The minimum atomic E-state index is -0.192. The summed E-state index contributed by atoms with van der Waals surface area (Å²) in [6.07, 6.45) is 2.46. The van der Waals surface area contributed by atoms with Crippen LogP contribution in [-0.4, -0.2) is 10.5 Å². The van der Waals surface area contributed by atoms with Gasteiger partial charge in [-0.25, -0.2) is 0 Å². The first-order valence-electron chi connectivity index (χ1n) is 6.65. The smallest absolute Gasteiger partial charge is 0.250 e. The average Bonchev–Trinajstić information content (AvgIpc) is 2.43. The molecule has 0 saturated carbocycles. The molecule has 1 N–H and O–H groups in total. The number of pyridine rings is 1. The highest BCUT2D eigenvalue weighted by molar-refractivity contribution is 5.92. The Hall–Kier alpha value is -2.36. The SMILES string of the molecule is CCc1cccc(C)c1NC(=O)Cn1ccccc1=O. The Balaban J connectivity index is 2.17. The van der Waals surface area contributed by atoms with Crippen LogP contribution in [0.5, 0.6) is 0 Å². The van der Waals surface area contributed by atoms with Crippen LogP contribution in [0, 0.1) is 6.92 Å². The van der Waals surface area contributed by atoms with Crippen molar-refractivity contribution in [3.05, 3.63) is 64.1 Å². The molecule has 20 heavy (non-hydrogen) atoms. The number of anilines is 1. The topological polar surface area (TPSA) is 51.1 Å². The number of amides is 1. The molecular formula is C16H18N2O2. The van der Waals surface area contributed by atoms with Crippen molar-refractivity contribution in [3.63, 3.8) is 0 Å². The summed E-state index contributed by atoms with van der Waals surface area (Å²) in [6.45, 7) is 4.03. The number of aryl methyl sites for hydroxylation is 2. The van der Waals surface area contributed by atoms with Crippen molar-refractivity contribution >= 4 is 11.6 Å². The fourth-order valence-electron chi connectivity index (χ4n) is 2.13. The number of nitrogens with one attached hydrogen (secondary N) is 1. The number of carbonyl (C=O) groups is 1. The number of hydrogen-bond donors (Lipinski definition) is 1. The molecule has 2 aromatic rings. The van der Waals surface area contributed by atoms with Crippen molar-refractivity contribution in [2.24, 2.45) is 0 Å². The highest BCUT2D eigenvalue weighted by Crippen LogP contribution is 2.20. The number of rotatable bonds is 4. The number of aromatic nitrogens is 1. The third-order valence-corrected chi connectivity index (χ3v) is 3.22. The maximum atomic E-state index is 12.1. The van der Waals surface area contributed by atoms with E-state index in [0.29, 0.717) is 0 Å². The fraction of sp³-hybridized carbons (Fsp3) is 0.250. The molecule has 104 valence electrons. The fourth-order valence-corrected chi connectivity index (χ4v) is 2.13. The molecule has 0 fully saturated rings. The molecule has 0 aliphatic rings. The van der Waals surface area contributed by atoms with Crippen molar-refractivity contribution in [2.75, 3.05) is 5.32 Å². The predicted molar refractivity (Wildman–Crippen MR) is 79.9 cm³/mol. The van der Waals surface area contributed by atoms with Crippen LogP contribution in [-0.2, 0) is 17.8 Å². The quantitative estimate of drug-likeness (QED) is 0.927. The van der Waals surface area contributed by atoms with E-state index in [0.717, 1.165) is 23.2 Å². The molecule has 4 nitrogen and oxygen atoms in total. The van der Waals surface area contributed by atoms with Crippen LogP contribution in [0.2, 0.25) is 0 Å². The molecule has 1 heterocycles. The van der Waals surface area contributed by atoms with E-state index in [-0.39, 0.29) is 18.0 Å². The number of nitrogens with zero attached hydrogens (tertiary/aromatic N) is 1. The molecule has 1 amide bonds. The van der Waals surface area contributed by atoms with Crippen molar-refractivity contribution in [3.8, 4) is 0 Å². The maximum Gasteiger partial charge on any atom is 0.250 e. The molecular weight excluding hydrogens is 252 g/mol. The number of hydrogen-bond acceptors (Lipinski definition) is 2. The van der Waals surface area contributed by atoms with Crippen LogP contribution in [0.15, 0.2) is 47.4 Å². The zero-order valence-electron chi connectivity index (χ0n) is 11.7. The first-order chi connectivity index (χ1) is 9.61. The number of para-hydroxylation sites is 1. The molecule has 0 radical (unpaired) electrons. The van der Waals surface area contributed by atoms with E-state index in [4.69, 9.17) is 0 Å². The Morgan fingerprint density at radius 2 is 2.00 bits per heavy atom. The van der Waals surface area contributed by atoms with E-state index in [1.807, 2.05) is 32.0 Å². The largest absolute Gasteiger partial charge is 0.324 e. The summed E-state index contributed by atoms with van der Waals surface area (Å²) in [4.78, 5) is 23.7. The lowest BCUT2D eigenvalue weighted by molar-refractivity contribution is -0.116. The van der Waals surface area contributed by atoms with E-state index >= 15 is 0 Å². The molecule has 0 aliphatic heterocycles. The Morgan fingerprint density at radius 1 is 1.20 bits per heavy atom. The summed E-state index contributed by atoms with van der Waals surface area (Å²) in [5.74, 6) is -0.192. The Morgan fingerprint density at radius 3 is 2.70 bits per heavy atom. The predicted octanol–water partition coefficient (Wildman–Crippen LogP) is 2.36. The lowest BCUT2D eigenvalue weighted by Crippen LogP contribution is -2.27. The highest BCUT2D eigenvalue weighted by atomic mass is 16.2. The molecule has 0 aliphatic carbocycles. The Kier molecular flexibility index (Phi) is 4.35. The highest BCUT2D eigenvalue weighted by Gasteiger charge is 2.09. The second-order valence-electron chi connectivity index (χ2n) is 4.68. The van der Waals surface area contributed by atoms with Gasteiger partial charge in [0.05, 0.1) is 0 Å². The molecule has 0 spiro atoms. The van der Waals surface area contributed by atoms with Gasteiger partial charge in [-0.2, -0.15) is 0 Å². The molecule has 4 heteroatoms. The first kappa shape index (κ1) is 14.1. The van der Waals surface area contributed by atoms with Gasteiger partial charge in [0.15, 0.2) is 0 Å². The zero-order valence-corrected chi connectivity index (χ0v) is 11.7. The molecule has 0 bridgehead atoms. The Bertz CT molecular complexity index is 674. The number of carbonyl (C=O) groups excluding carboxylic acids is 1. The lowest BCUT2D eigenvalue weighted by atomic mass is 10.1. The van der Waals surface area contributed by atoms with Crippen LogP contribution in [0.1, 0.15) is 18.1 Å². The molecule has 1 aromatic heterocycles. The molecule has 0 saturated heterocycles. The van der Waals surface area contributed by atoms with Gasteiger partial charge in [-0.05, 0) is 30.5 Å². The maximum absolute atomic E-state index is 12.1. The Labute approximate surface area is 118 Å². The normalized spacial score (nSPS) is 10.3. The van der Waals surface area contributed by atoms with Gasteiger partial charge >= 0.3 is 0 Å². The summed E-state index contributed by atoms with van der Waals surface area (Å²) >= 11 is 0. The van der Waals surface area contributed by atoms with Crippen LogP contribution < -0.4 is 10.9 Å². The van der Waals surface area contributed by atoms with E-state index in [1.54, 1.807) is 18.3 Å². The van der Waals surface area contributed by atoms with Gasteiger partial charge in [-0.1, -0.05) is 31.2 Å². The van der Waals surface area contributed by atoms with Crippen molar-refractivity contribution in [1.82, 2.24) is 4.57 Å². The van der Waals surface area contributed by atoms with Crippen molar-refractivity contribution in [2.45, 2.75) is 26.8 Å². The average molecular weight is 270 g/mol. The van der Waals surface area contributed by atoms with Gasteiger partial charge in [0.1, 0.15) is 6.54 Å². The van der Waals surface area contributed by atoms with Gasteiger partial charge in [0, 0.05) is 18.0 Å². The van der Waals surface area contributed by atoms with Gasteiger partial charge < -0.3 is 9.88 Å². The van der Waals surface area contributed by atoms with Crippen LogP contribution in [0.3, 0.4) is 0 Å². The van der Waals surface area contributed by atoms with E-state index in [2.05, 4.69) is 5.32 Å². The summed E-state index contributed by atoms with van der Waals surface area (Å²) in [5, 5.41) is 2.91. The zero-order chi connectivity index (χ0) is 14.5. The second kappa shape index (κ2) is 6.19. The standard InChI is InChI=1S/C16H18N2O2/c1-3-13-8-6-7-12(2)16(13)17-14(19)11-18-10-5-4-9-15(18)20/h4-10H,3,11H2,1-2H3,(H,17,19). The van der Waals surface area contributed by atoms with Gasteiger partial charge in [0.25, 0.3) is 5.56 Å². The summed E-state index contributed by atoms with van der Waals surface area (Å²) in [5.41, 5.74) is 2.80. The summed E-state index contributed by atoms with van der Waals surface area (Å²) in [7, 11) is 0. The minimum Gasteiger partial charge on any atom is -0.324 e. The van der Waals surface area contributed by atoms with Crippen molar-refractivity contribution in [1.29, 1.82) is 0 Å². The molecule has 0 unspecified atom stereocenters. The summed E-state index contributed by atoms with van der Waals surface area (Å²) in [6, 6.07) is 10.8. The minimum absolute atomic E-state index is 0.0250. The third-order valence-electron chi connectivity index (χ3n) is 3.22. The monoisotopic (exact) mass is 270 g/mol. The number of benzene rings is 1.